The molecular formula is C21H36FeNP. The molecule has 0 aromatic heterocycles. The van der Waals surface area contributed by atoms with Crippen LogP contribution in [0.15, 0.2) is 0 Å². The van der Waals surface area contributed by atoms with Crippen LogP contribution in [-0.2, 0) is 6.51 Å². The van der Waals surface area contributed by atoms with Gasteiger partial charge in [0.2, 0.25) is 0 Å². The third-order valence-electron chi connectivity index (χ3n) is 17.2. The van der Waals surface area contributed by atoms with Crippen molar-refractivity contribution < 1.29 is 6.51 Å². The van der Waals surface area contributed by atoms with Crippen molar-refractivity contribution in [3.63, 3.8) is 0 Å². The van der Waals surface area contributed by atoms with Gasteiger partial charge in [0.05, 0.1) is 0 Å². The number of rotatable bonds is 1. The van der Waals surface area contributed by atoms with Gasteiger partial charge >= 0.3 is 120 Å². The van der Waals surface area contributed by atoms with Crippen molar-refractivity contribution in [3.05, 3.63) is 0 Å². The third-order valence-corrected chi connectivity index (χ3v) is 69.5. The Hall–Kier alpha value is 0.909. The zero-order valence-electron chi connectivity index (χ0n) is 16.9. The van der Waals surface area contributed by atoms with Crippen molar-refractivity contribution in [2.45, 2.75) is 106 Å². The topological polar surface area (TPSA) is 12.0 Å². The Labute approximate surface area is 139 Å². The molecule has 5 unspecified atom stereocenters. The monoisotopic (exact) mass is 389 g/mol. The maximum absolute atomic E-state index is 3.04. The molecule has 0 saturated carbocycles. The quantitative estimate of drug-likeness (QED) is 0.394. The molecule has 5 atom stereocenters. The Kier molecular flexibility index (Phi) is 0.717. The van der Waals surface area contributed by atoms with E-state index in [0.29, 0.717) is 10.3 Å². The van der Waals surface area contributed by atoms with E-state index >= 15 is 0 Å². The van der Waals surface area contributed by atoms with Crippen LogP contribution in [0, 0.1) is 0 Å². The molecular weight excluding hydrogens is 353 g/mol. The summed E-state index contributed by atoms with van der Waals surface area (Å²) in [4.78, 5) is 11.8. The van der Waals surface area contributed by atoms with Gasteiger partial charge in [0.1, 0.15) is 0 Å². The molecule has 138 valence electrons. The van der Waals surface area contributed by atoms with Gasteiger partial charge < -0.3 is 5.32 Å². The van der Waals surface area contributed by atoms with Crippen LogP contribution in [-0.4, -0.2) is 28.5 Å². The molecule has 3 heteroatoms. The Morgan fingerprint density at radius 2 is 1.12 bits per heavy atom. The first-order valence-corrected chi connectivity index (χ1v) is 17.9. The molecule has 10 aliphatic rings. The van der Waals surface area contributed by atoms with Gasteiger partial charge in [0.15, 0.2) is 0 Å². The third kappa shape index (κ3) is 0.182. The summed E-state index contributed by atoms with van der Waals surface area (Å²) in [5, 5.41) is 3.93. The van der Waals surface area contributed by atoms with Gasteiger partial charge in [-0.2, -0.15) is 0 Å². The normalized spacial score (nSPS) is 92.1. The van der Waals surface area contributed by atoms with E-state index in [1.807, 2.05) is 14.1 Å². The Balaban J connectivity index is 0.000000323. The number of fused-ring (bicyclic) bond motifs is 10. The maximum Gasteiger partial charge on any atom is -0.0167 e. The summed E-state index contributed by atoms with van der Waals surface area (Å²) in [5.74, 6) is 0. The minimum atomic E-state index is -3.04. The average Bonchev–Trinajstić information content (AvgIpc) is 3.33. The molecule has 0 aliphatic carbocycles. The van der Waals surface area contributed by atoms with Gasteiger partial charge in [0, 0.05) is 0 Å². The van der Waals surface area contributed by atoms with Crippen molar-refractivity contribution in [2.75, 3.05) is 14.1 Å². The SMILES string of the molecule is CC(C)(C)P(C(C)(C)C)[C]12[CH]3[CH]4[CH]5[C]1(C)[Fe]45321678[CH]2[CH]1[CH]6[CH]7[CH]28.CNC. The van der Waals surface area contributed by atoms with E-state index in [-0.39, 0.29) is 7.92 Å². The molecule has 0 aromatic rings. The molecule has 1 spiro atoms. The first-order valence-electron chi connectivity index (χ1n) is 10.3. The minimum Gasteiger partial charge on any atom is -0.323 e. The first kappa shape index (κ1) is 13.1. The zero-order valence-corrected chi connectivity index (χ0v) is 18.9. The fraction of sp³-hybridized carbons (Fsp3) is 1.00. The van der Waals surface area contributed by atoms with Crippen LogP contribution in [0.2, 0.25) is 42.8 Å². The summed E-state index contributed by atoms with van der Waals surface area (Å²) in [6.45, 7) is 15.7. The van der Waals surface area contributed by atoms with E-state index in [1.165, 1.54) is 38.5 Å². The molecule has 10 aliphatic heterocycles. The van der Waals surface area contributed by atoms with Crippen LogP contribution in [0.25, 0.3) is 0 Å². The van der Waals surface area contributed by atoms with E-state index in [2.05, 4.69) is 53.8 Å². The molecule has 0 amide bonds. The van der Waals surface area contributed by atoms with Gasteiger partial charge in [-0.15, -0.1) is 0 Å². The second-order valence-electron chi connectivity index (χ2n) is 15.2. The van der Waals surface area contributed by atoms with Crippen molar-refractivity contribution in [1.82, 2.24) is 5.32 Å². The summed E-state index contributed by atoms with van der Waals surface area (Å²) < 4.78 is 2.14. The van der Waals surface area contributed by atoms with Gasteiger partial charge in [-0.1, -0.05) is 0 Å². The number of nitrogens with one attached hydrogen (secondary N) is 1. The summed E-state index contributed by atoms with van der Waals surface area (Å²) in [6, 6.07) is 0. The summed E-state index contributed by atoms with van der Waals surface area (Å²) in [7, 11) is 3.94. The molecule has 0 bridgehead atoms. The number of hydrogen-bond donors (Lipinski definition) is 1. The van der Waals surface area contributed by atoms with Crippen LogP contribution in [0.4, 0.5) is 0 Å². The molecule has 1 N–H and O–H groups in total. The van der Waals surface area contributed by atoms with Crippen LogP contribution < -0.4 is 5.32 Å². The average molecular weight is 389 g/mol. The second-order valence-corrected chi connectivity index (χ2v) is 43.2. The van der Waals surface area contributed by atoms with Crippen molar-refractivity contribution in [3.8, 4) is 0 Å². The fourth-order valence-electron chi connectivity index (χ4n) is 20.2. The molecule has 1 nitrogen and oxygen atoms in total. The molecule has 0 aromatic carbocycles. The minimum absolute atomic E-state index is 0.191. The summed E-state index contributed by atoms with van der Waals surface area (Å²) >= 11 is 0. The van der Waals surface area contributed by atoms with Gasteiger partial charge in [-0.05, 0) is 14.1 Å². The van der Waals surface area contributed by atoms with Crippen LogP contribution in [0.1, 0.15) is 48.5 Å². The van der Waals surface area contributed by atoms with E-state index in [4.69, 9.17) is 0 Å². The molecule has 0 radical (unpaired) electrons. The summed E-state index contributed by atoms with van der Waals surface area (Å²) in [5.41, 5.74) is 0. The Bertz CT molecular complexity index is 1100. The van der Waals surface area contributed by atoms with Crippen LogP contribution in [0.5, 0.6) is 0 Å². The van der Waals surface area contributed by atoms with E-state index in [9.17, 15) is 0 Å². The van der Waals surface area contributed by atoms with E-state index in [0.717, 1.165) is 8.37 Å². The molecule has 10 saturated heterocycles. The Morgan fingerprint density at radius 1 is 0.750 bits per heavy atom. The van der Waals surface area contributed by atoms with Crippen molar-refractivity contribution >= 4 is 7.92 Å². The molecule has 24 heavy (non-hydrogen) atoms. The van der Waals surface area contributed by atoms with Gasteiger partial charge in [-0.25, -0.2) is 0 Å². The maximum atomic E-state index is 2.94. The van der Waals surface area contributed by atoms with Gasteiger partial charge in [0.25, 0.3) is 0 Å². The predicted molar refractivity (Wildman–Crippen MR) is 103 cm³/mol. The van der Waals surface area contributed by atoms with E-state index < -0.39 is 6.51 Å². The molecule has 10 rings (SSSR count). The van der Waals surface area contributed by atoms with Crippen molar-refractivity contribution in [2.24, 2.45) is 0 Å². The zero-order chi connectivity index (χ0) is 17.2. The fourth-order valence-corrected chi connectivity index (χ4v) is 115. The van der Waals surface area contributed by atoms with Gasteiger partial charge in [-0.3, -0.25) is 0 Å². The number of hydrogen-bond acceptors (Lipinski definition) is 1. The van der Waals surface area contributed by atoms with Crippen LogP contribution >= 0.6 is 7.92 Å². The van der Waals surface area contributed by atoms with Crippen LogP contribution in [0.3, 0.4) is 0 Å². The van der Waals surface area contributed by atoms with Crippen molar-refractivity contribution in [1.29, 1.82) is 0 Å². The first-order chi connectivity index (χ1) is 10.7. The smallest absolute Gasteiger partial charge is 0.0167 e. The van der Waals surface area contributed by atoms with E-state index in [1.54, 1.807) is 0 Å². The molecule has 10 heterocycles. The Morgan fingerprint density at radius 3 is 1.25 bits per heavy atom. The predicted octanol–water partition coefficient (Wildman–Crippen LogP) is 6.59. The summed E-state index contributed by atoms with van der Waals surface area (Å²) in [6.07, 6.45) is 0. The second kappa shape index (κ2) is 1.31. The molecule has 10 fully saturated rings. The standard InChI is InChI=1S/C14H24P.C5H5.C2H7N.Fe/c1-11-9-8-10-12(11)15(13(2,3)4)14(5,6)7;1-2-4-5-3-1;1-3-2;/h8-10H,1-7H3;1-5H;3H,1-2H3;. The largest absolute Gasteiger partial charge is 0.323 e.